The molecule has 0 bridgehead atoms. The maximum atomic E-state index is 10.5. The van der Waals surface area contributed by atoms with Crippen molar-refractivity contribution < 1.29 is 14.6 Å². The first kappa shape index (κ1) is 12.1. The first-order valence-corrected chi connectivity index (χ1v) is 6.39. The number of fused-ring (bicyclic) bond motifs is 1. The van der Waals surface area contributed by atoms with Crippen LogP contribution in [0.4, 0.5) is 0 Å². The van der Waals surface area contributed by atoms with Crippen LogP contribution in [0.2, 0.25) is 0 Å². The average molecular weight is 256 g/mol. The number of hydrogen-bond donors (Lipinski definition) is 1. The second-order valence-corrected chi connectivity index (χ2v) is 4.69. The second-order valence-electron chi connectivity index (χ2n) is 4.69. The third-order valence-electron chi connectivity index (χ3n) is 3.25. The van der Waals surface area contributed by atoms with E-state index >= 15 is 0 Å². The predicted molar refractivity (Wildman–Crippen MR) is 72.7 cm³/mol. The van der Waals surface area contributed by atoms with Crippen molar-refractivity contribution in [1.82, 2.24) is 0 Å². The molecule has 0 saturated heterocycles. The molecule has 0 aliphatic carbocycles. The zero-order valence-corrected chi connectivity index (χ0v) is 10.8. The smallest absolute Gasteiger partial charge is 0.167 e. The van der Waals surface area contributed by atoms with E-state index in [1.165, 1.54) is 0 Å². The Kier molecular flexibility index (Phi) is 3.13. The Morgan fingerprint density at radius 2 is 1.84 bits per heavy atom. The lowest BCUT2D eigenvalue weighted by Gasteiger charge is -2.23. The van der Waals surface area contributed by atoms with Crippen LogP contribution in [0.3, 0.4) is 0 Å². The number of aliphatic hydroxyl groups is 1. The summed E-state index contributed by atoms with van der Waals surface area (Å²) in [6.45, 7) is 3.08. The molecule has 1 unspecified atom stereocenters. The van der Waals surface area contributed by atoms with Gasteiger partial charge in [-0.1, -0.05) is 42.0 Å². The third kappa shape index (κ3) is 2.29. The number of aliphatic hydroxyl groups excluding tert-OH is 1. The molecule has 0 spiro atoms. The number of rotatable bonds is 2. The minimum absolute atomic E-state index is 0.518. The molecule has 2 aromatic rings. The Balaban J connectivity index is 2.02. The van der Waals surface area contributed by atoms with Gasteiger partial charge in [-0.2, -0.15) is 0 Å². The van der Waals surface area contributed by atoms with E-state index in [0.29, 0.717) is 24.7 Å². The van der Waals surface area contributed by atoms with Crippen molar-refractivity contribution >= 4 is 0 Å². The van der Waals surface area contributed by atoms with Crippen LogP contribution in [0.25, 0.3) is 0 Å². The van der Waals surface area contributed by atoms with Gasteiger partial charge < -0.3 is 14.6 Å². The monoisotopic (exact) mass is 256 g/mol. The number of para-hydroxylation sites is 1. The van der Waals surface area contributed by atoms with Gasteiger partial charge in [0.25, 0.3) is 0 Å². The Bertz CT molecular complexity index is 592. The molecule has 1 aliphatic heterocycles. The summed E-state index contributed by atoms with van der Waals surface area (Å²) >= 11 is 0. The Morgan fingerprint density at radius 1 is 1.05 bits per heavy atom. The van der Waals surface area contributed by atoms with E-state index in [4.69, 9.17) is 9.47 Å². The molecule has 1 heterocycles. The molecule has 1 N–H and O–H groups in total. The standard InChI is InChI=1S/C16H16O3/c1-11-4-2-5-12(10-11)15(17)13-6-3-7-14-16(13)19-9-8-18-14/h2-7,10,15,17H,8-9H2,1H3. The summed E-state index contributed by atoms with van der Waals surface area (Å²) in [7, 11) is 0. The fourth-order valence-corrected chi connectivity index (χ4v) is 2.33. The van der Waals surface area contributed by atoms with Gasteiger partial charge in [0, 0.05) is 5.56 Å². The molecule has 98 valence electrons. The Morgan fingerprint density at radius 3 is 2.68 bits per heavy atom. The van der Waals surface area contributed by atoms with Crippen molar-refractivity contribution in [2.75, 3.05) is 13.2 Å². The first-order chi connectivity index (χ1) is 9.25. The maximum absolute atomic E-state index is 10.5. The molecule has 1 atom stereocenters. The minimum Gasteiger partial charge on any atom is -0.486 e. The lowest BCUT2D eigenvalue weighted by molar-refractivity contribution is 0.158. The van der Waals surface area contributed by atoms with Crippen molar-refractivity contribution in [2.45, 2.75) is 13.0 Å². The van der Waals surface area contributed by atoms with E-state index in [1.54, 1.807) is 0 Å². The zero-order valence-electron chi connectivity index (χ0n) is 10.8. The highest BCUT2D eigenvalue weighted by atomic mass is 16.6. The van der Waals surface area contributed by atoms with Gasteiger partial charge in [0.1, 0.15) is 19.3 Å². The molecule has 3 nitrogen and oxygen atoms in total. The third-order valence-corrected chi connectivity index (χ3v) is 3.25. The minimum atomic E-state index is -0.698. The van der Waals surface area contributed by atoms with E-state index in [9.17, 15) is 5.11 Å². The summed E-state index contributed by atoms with van der Waals surface area (Å²) in [5, 5.41) is 10.5. The predicted octanol–water partition coefficient (Wildman–Crippen LogP) is 2.85. The summed E-state index contributed by atoms with van der Waals surface area (Å²) in [6, 6.07) is 13.5. The number of benzene rings is 2. The summed E-state index contributed by atoms with van der Waals surface area (Å²) in [5.41, 5.74) is 2.74. The van der Waals surface area contributed by atoms with Gasteiger partial charge in [-0.15, -0.1) is 0 Å². The summed E-state index contributed by atoms with van der Waals surface area (Å²) in [5.74, 6) is 1.36. The number of aryl methyl sites for hydroxylation is 1. The number of ether oxygens (including phenoxy) is 2. The summed E-state index contributed by atoms with van der Waals surface area (Å²) in [4.78, 5) is 0. The molecule has 2 aromatic carbocycles. The van der Waals surface area contributed by atoms with Gasteiger partial charge in [0.05, 0.1) is 0 Å². The van der Waals surface area contributed by atoms with Crippen LogP contribution in [0.15, 0.2) is 42.5 Å². The van der Waals surface area contributed by atoms with Gasteiger partial charge in [0.15, 0.2) is 11.5 Å². The molecule has 1 aliphatic rings. The van der Waals surface area contributed by atoms with Crippen LogP contribution < -0.4 is 9.47 Å². The van der Waals surface area contributed by atoms with Gasteiger partial charge in [0.2, 0.25) is 0 Å². The second kappa shape index (κ2) is 4.94. The van der Waals surface area contributed by atoms with Gasteiger partial charge in [-0.3, -0.25) is 0 Å². The van der Waals surface area contributed by atoms with E-state index in [1.807, 2.05) is 49.4 Å². The Hall–Kier alpha value is -2.00. The average Bonchev–Trinajstić information content (AvgIpc) is 2.46. The van der Waals surface area contributed by atoms with Crippen LogP contribution in [0, 0.1) is 6.92 Å². The van der Waals surface area contributed by atoms with Crippen molar-refractivity contribution in [3.05, 3.63) is 59.2 Å². The van der Waals surface area contributed by atoms with Crippen LogP contribution in [0.5, 0.6) is 11.5 Å². The molecule has 0 radical (unpaired) electrons. The molecule has 3 heteroatoms. The highest BCUT2D eigenvalue weighted by Crippen LogP contribution is 2.38. The summed E-state index contributed by atoms with van der Waals surface area (Å²) in [6.07, 6.45) is -0.698. The molecule has 0 fully saturated rings. The SMILES string of the molecule is Cc1cccc(C(O)c2cccc3c2OCCO3)c1. The normalized spacial score (nSPS) is 15.1. The van der Waals surface area contributed by atoms with Crippen LogP contribution in [0.1, 0.15) is 22.8 Å². The van der Waals surface area contributed by atoms with Crippen molar-refractivity contribution in [2.24, 2.45) is 0 Å². The van der Waals surface area contributed by atoms with E-state index in [2.05, 4.69) is 0 Å². The van der Waals surface area contributed by atoms with Gasteiger partial charge in [-0.25, -0.2) is 0 Å². The van der Waals surface area contributed by atoms with E-state index in [0.717, 1.165) is 16.7 Å². The lowest BCUT2D eigenvalue weighted by atomic mass is 9.99. The lowest BCUT2D eigenvalue weighted by Crippen LogP contribution is -2.17. The van der Waals surface area contributed by atoms with E-state index < -0.39 is 6.10 Å². The van der Waals surface area contributed by atoms with Crippen molar-refractivity contribution in [3.63, 3.8) is 0 Å². The van der Waals surface area contributed by atoms with Crippen LogP contribution in [-0.4, -0.2) is 18.3 Å². The first-order valence-electron chi connectivity index (χ1n) is 6.39. The van der Waals surface area contributed by atoms with Gasteiger partial charge >= 0.3 is 0 Å². The molecule has 0 amide bonds. The largest absolute Gasteiger partial charge is 0.486 e. The molecule has 0 saturated carbocycles. The topological polar surface area (TPSA) is 38.7 Å². The van der Waals surface area contributed by atoms with Crippen molar-refractivity contribution in [3.8, 4) is 11.5 Å². The molecule has 19 heavy (non-hydrogen) atoms. The molecular formula is C16H16O3. The van der Waals surface area contributed by atoms with Crippen LogP contribution in [-0.2, 0) is 0 Å². The van der Waals surface area contributed by atoms with Gasteiger partial charge in [-0.05, 0) is 18.6 Å². The van der Waals surface area contributed by atoms with E-state index in [-0.39, 0.29) is 0 Å². The fraction of sp³-hybridized carbons (Fsp3) is 0.250. The zero-order chi connectivity index (χ0) is 13.2. The molecule has 0 aromatic heterocycles. The highest BCUT2D eigenvalue weighted by molar-refractivity contribution is 5.50. The molecular weight excluding hydrogens is 240 g/mol. The number of hydrogen-bond acceptors (Lipinski definition) is 3. The highest BCUT2D eigenvalue weighted by Gasteiger charge is 2.21. The molecule has 3 rings (SSSR count). The maximum Gasteiger partial charge on any atom is 0.167 e. The summed E-state index contributed by atoms with van der Waals surface area (Å²) < 4.78 is 11.2. The quantitative estimate of drug-likeness (QED) is 0.898. The Labute approximate surface area is 112 Å². The van der Waals surface area contributed by atoms with Crippen molar-refractivity contribution in [1.29, 1.82) is 0 Å². The fourth-order valence-electron chi connectivity index (χ4n) is 2.33. The van der Waals surface area contributed by atoms with Crippen LogP contribution >= 0.6 is 0 Å².